The van der Waals surface area contributed by atoms with Crippen molar-refractivity contribution in [2.75, 3.05) is 14.2 Å². The number of nitrogens with one attached hydrogen (secondary N) is 1. The number of hydrogen-bond acceptors (Lipinski definition) is 4. The molecule has 0 bridgehead atoms. The van der Waals surface area contributed by atoms with Crippen molar-refractivity contribution in [3.8, 4) is 5.75 Å². The van der Waals surface area contributed by atoms with Gasteiger partial charge in [-0.3, -0.25) is 4.79 Å². The molecule has 0 aromatic heterocycles. The molecule has 23 heavy (non-hydrogen) atoms. The van der Waals surface area contributed by atoms with E-state index in [1.807, 2.05) is 30.3 Å². The van der Waals surface area contributed by atoms with E-state index >= 15 is 0 Å². The number of hydrogen-bond donors (Lipinski definition) is 1. The molecule has 0 radical (unpaired) electrons. The van der Waals surface area contributed by atoms with Gasteiger partial charge in [-0.15, -0.1) is 0 Å². The molecular formula is C18H19NO4. The number of ether oxygens (including phenoxy) is 2. The van der Waals surface area contributed by atoms with Crippen molar-refractivity contribution in [2.45, 2.75) is 12.5 Å². The van der Waals surface area contributed by atoms with Gasteiger partial charge in [-0.25, -0.2) is 4.79 Å². The fraction of sp³-hybridized carbons (Fsp3) is 0.222. The van der Waals surface area contributed by atoms with Crippen LogP contribution in [0.2, 0.25) is 0 Å². The maximum absolute atomic E-state index is 12.4. The summed E-state index contributed by atoms with van der Waals surface area (Å²) in [4.78, 5) is 24.3. The summed E-state index contributed by atoms with van der Waals surface area (Å²) in [5, 5.41) is 2.71. The first-order valence-electron chi connectivity index (χ1n) is 7.20. The second-order valence-corrected chi connectivity index (χ2v) is 4.97. The van der Waals surface area contributed by atoms with E-state index in [-0.39, 0.29) is 5.91 Å². The Morgan fingerprint density at radius 2 is 1.78 bits per heavy atom. The van der Waals surface area contributed by atoms with Crippen LogP contribution < -0.4 is 10.1 Å². The molecule has 2 aromatic rings. The van der Waals surface area contributed by atoms with Crippen LogP contribution in [0.3, 0.4) is 0 Å². The van der Waals surface area contributed by atoms with Crippen molar-refractivity contribution in [3.63, 3.8) is 0 Å². The Labute approximate surface area is 135 Å². The van der Waals surface area contributed by atoms with Crippen LogP contribution in [0.5, 0.6) is 5.75 Å². The van der Waals surface area contributed by atoms with Crippen molar-refractivity contribution in [1.29, 1.82) is 0 Å². The molecule has 120 valence electrons. The molecule has 2 aromatic carbocycles. The number of carbonyl (C=O) groups excluding carboxylic acids is 2. The van der Waals surface area contributed by atoms with Crippen LogP contribution in [-0.2, 0) is 16.0 Å². The van der Waals surface area contributed by atoms with Crippen molar-refractivity contribution >= 4 is 11.9 Å². The van der Waals surface area contributed by atoms with E-state index in [0.717, 1.165) is 5.56 Å². The molecule has 0 aliphatic heterocycles. The van der Waals surface area contributed by atoms with Crippen molar-refractivity contribution in [2.24, 2.45) is 0 Å². The minimum Gasteiger partial charge on any atom is -0.497 e. The average molecular weight is 313 g/mol. The van der Waals surface area contributed by atoms with Gasteiger partial charge in [0.05, 0.1) is 14.2 Å². The number of benzene rings is 2. The maximum Gasteiger partial charge on any atom is 0.328 e. The van der Waals surface area contributed by atoms with Crippen LogP contribution in [0.4, 0.5) is 0 Å². The molecule has 0 heterocycles. The summed E-state index contributed by atoms with van der Waals surface area (Å²) in [6, 6.07) is 15.5. The standard InChI is InChI=1S/C18H19NO4/c1-22-15-10-6-9-14(12-15)17(20)19-16(18(21)23-2)11-13-7-4-3-5-8-13/h3-10,12,16H,11H2,1-2H3,(H,19,20). The minimum atomic E-state index is -0.749. The summed E-state index contributed by atoms with van der Waals surface area (Å²) < 4.78 is 9.89. The zero-order valence-electron chi connectivity index (χ0n) is 13.1. The van der Waals surface area contributed by atoms with E-state index in [2.05, 4.69) is 5.32 Å². The van der Waals surface area contributed by atoms with Gasteiger partial charge in [0.2, 0.25) is 0 Å². The molecule has 0 aliphatic rings. The lowest BCUT2D eigenvalue weighted by Crippen LogP contribution is -2.43. The normalized spacial score (nSPS) is 11.4. The van der Waals surface area contributed by atoms with Crippen molar-refractivity contribution < 1.29 is 19.1 Å². The zero-order chi connectivity index (χ0) is 16.7. The van der Waals surface area contributed by atoms with E-state index in [1.54, 1.807) is 24.3 Å². The average Bonchev–Trinajstić information content (AvgIpc) is 2.61. The third-order valence-corrected chi connectivity index (χ3v) is 3.41. The van der Waals surface area contributed by atoms with E-state index in [0.29, 0.717) is 17.7 Å². The SMILES string of the molecule is COC(=O)C(Cc1ccccc1)NC(=O)c1cccc(OC)c1. The van der Waals surface area contributed by atoms with Crippen LogP contribution in [-0.4, -0.2) is 32.1 Å². The quantitative estimate of drug-likeness (QED) is 0.831. The van der Waals surface area contributed by atoms with Gasteiger partial charge >= 0.3 is 5.97 Å². The van der Waals surface area contributed by atoms with Gasteiger partial charge in [-0.2, -0.15) is 0 Å². The Kier molecular flexibility index (Phi) is 5.74. The summed E-state index contributed by atoms with van der Waals surface area (Å²) in [5.74, 6) is -0.254. The third kappa shape index (κ3) is 4.57. The lowest BCUT2D eigenvalue weighted by atomic mass is 10.1. The van der Waals surface area contributed by atoms with Gasteiger partial charge < -0.3 is 14.8 Å². The van der Waals surface area contributed by atoms with Gasteiger partial charge in [-0.05, 0) is 23.8 Å². The number of rotatable bonds is 6. The lowest BCUT2D eigenvalue weighted by molar-refractivity contribution is -0.142. The van der Waals surface area contributed by atoms with Gasteiger partial charge in [0.15, 0.2) is 0 Å². The summed E-state index contributed by atoms with van der Waals surface area (Å²) in [6.45, 7) is 0. The molecule has 5 heteroatoms. The molecule has 1 N–H and O–H groups in total. The molecule has 1 amide bonds. The van der Waals surface area contributed by atoms with Crippen LogP contribution in [0.25, 0.3) is 0 Å². The Balaban J connectivity index is 2.13. The van der Waals surface area contributed by atoms with Crippen LogP contribution in [0, 0.1) is 0 Å². The smallest absolute Gasteiger partial charge is 0.328 e. The predicted molar refractivity (Wildman–Crippen MR) is 86.4 cm³/mol. The maximum atomic E-state index is 12.4. The summed E-state index contributed by atoms with van der Waals surface area (Å²) >= 11 is 0. The topological polar surface area (TPSA) is 64.6 Å². The highest BCUT2D eigenvalue weighted by molar-refractivity contribution is 5.97. The monoisotopic (exact) mass is 313 g/mol. The van der Waals surface area contributed by atoms with Crippen LogP contribution >= 0.6 is 0 Å². The predicted octanol–water partition coefficient (Wildman–Crippen LogP) is 2.21. The van der Waals surface area contributed by atoms with Gasteiger partial charge in [0, 0.05) is 12.0 Å². The Morgan fingerprint density at radius 1 is 1.04 bits per heavy atom. The molecule has 0 aliphatic carbocycles. The van der Waals surface area contributed by atoms with E-state index < -0.39 is 12.0 Å². The number of amides is 1. The molecule has 5 nitrogen and oxygen atoms in total. The number of carbonyl (C=O) groups is 2. The Hall–Kier alpha value is -2.82. The van der Waals surface area contributed by atoms with Gasteiger partial charge in [-0.1, -0.05) is 36.4 Å². The second-order valence-electron chi connectivity index (χ2n) is 4.97. The fourth-order valence-electron chi connectivity index (χ4n) is 2.19. The van der Waals surface area contributed by atoms with Gasteiger partial charge in [0.1, 0.15) is 11.8 Å². The van der Waals surface area contributed by atoms with E-state index in [4.69, 9.17) is 9.47 Å². The first-order valence-corrected chi connectivity index (χ1v) is 7.20. The Morgan fingerprint density at radius 3 is 2.43 bits per heavy atom. The summed E-state index contributed by atoms with van der Waals surface area (Å²) in [5.41, 5.74) is 1.36. The zero-order valence-corrected chi connectivity index (χ0v) is 13.1. The molecule has 0 saturated carbocycles. The number of methoxy groups -OCH3 is 2. The molecule has 1 atom stereocenters. The van der Waals surface area contributed by atoms with E-state index in [9.17, 15) is 9.59 Å². The molecular weight excluding hydrogens is 294 g/mol. The minimum absolute atomic E-state index is 0.352. The van der Waals surface area contributed by atoms with Gasteiger partial charge in [0.25, 0.3) is 5.91 Å². The van der Waals surface area contributed by atoms with Crippen LogP contribution in [0.15, 0.2) is 54.6 Å². The highest BCUT2D eigenvalue weighted by Gasteiger charge is 2.22. The Bertz CT molecular complexity index is 670. The largest absolute Gasteiger partial charge is 0.497 e. The summed E-state index contributed by atoms with van der Waals surface area (Å²) in [6.07, 6.45) is 0.364. The second kappa shape index (κ2) is 7.98. The molecule has 0 spiro atoms. The summed E-state index contributed by atoms with van der Waals surface area (Å²) in [7, 11) is 2.84. The third-order valence-electron chi connectivity index (χ3n) is 3.41. The number of esters is 1. The molecule has 0 fully saturated rings. The van der Waals surface area contributed by atoms with Crippen LogP contribution in [0.1, 0.15) is 15.9 Å². The fourth-order valence-corrected chi connectivity index (χ4v) is 2.19. The molecule has 1 unspecified atom stereocenters. The van der Waals surface area contributed by atoms with Crippen molar-refractivity contribution in [3.05, 3.63) is 65.7 Å². The highest BCUT2D eigenvalue weighted by atomic mass is 16.5. The first kappa shape index (κ1) is 16.5. The molecule has 2 rings (SSSR count). The lowest BCUT2D eigenvalue weighted by Gasteiger charge is -2.17. The van der Waals surface area contributed by atoms with Crippen molar-refractivity contribution in [1.82, 2.24) is 5.32 Å². The first-order chi connectivity index (χ1) is 11.1. The molecule has 0 saturated heterocycles. The van der Waals surface area contributed by atoms with E-state index in [1.165, 1.54) is 14.2 Å². The highest BCUT2D eigenvalue weighted by Crippen LogP contribution is 2.13.